The van der Waals surface area contributed by atoms with E-state index in [0.29, 0.717) is 11.6 Å². The van der Waals surface area contributed by atoms with Crippen LogP contribution in [0.5, 0.6) is 0 Å². The molecule has 1 heterocycles. The zero-order valence-electron chi connectivity index (χ0n) is 9.87. The molecule has 0 amide bonds. The van der Waals surface area contributed by atoms with E-state index in [4.69, 9.17) is 5.73 Å². The van der Waals surface area contributed by atoms with E-state index in [1.807, 2.05) is 25.1 Å². The highest BCUT2D eigenvalue weighted by molar-refractivity contribution is 9.10. The van der Waals surface area contributed by atoms with Gasteiger partial charge in [-0.3, -0.25) is 0 Å². The molecule has 0 radical (unpaired) electrons. The van der Waals surface area contributed by atoms with Crippen molar-refractivity contribution in [2.45, 2.75) is 20.3 Å². The van der Waals surface area contributed by atoms with Gasteiger partial charge in [-0.2, -0.15) is 0 Å². The standard InChI is InChI=1S/C13H14BrN3/c1-3-9-6-4-5-7-10(9)13-16-8(2)11(14)12(15)17-13/h4-7H,3H2,1-2H3,(H2,15,16,17). The minimum atomic E-state index is 0.485. The molecule has 0 bridgehead atoms. The molecule has 1 aromatic carbocycles. The van der Waals surface area contributed by atoms with Crippen molar-refractivity contribution >= 4 is 21.7 Å². The lowest BCUT2D eigenvalue weighted by atomic mass is 10.0. The smallest absolute Gasteiger partial charge is 0.162 e. The molecule has 0 spiro atoms. The molecule has 2 rings (SSSR count). The van der Waals surface area contributed by atoms with E-state index >= 15 is 0 Å². The predicted molar refractivity (Wildman–Crippen MR) is 73.7 cm³/mol. The van der Waals surface area contributed by atoms with Gasteiger partial charge >= 0.3 is 0 Å². The lowest BCUT2D eigenvalue weighted by molar-refractivity contribution is 1.07. The summed E-state index contributed by atoms with van der Waals surface area (Å²) in [5.74, 6) is 1.18. The zero-order chi connectivity index (χ0) is 12.4. The van der Waals surface area contributed by atoms with Crippen molar-refractivity contribution in [3.63, 3.8) is 0 Å². The summed E-state index contributed by atoms with van der Waals surface area (Å²) in [6, 6.07) is 8.13. The van der Waals surface area contributed by atoms with Gasteiger partial charge in [-0.25, -0.2) is 9.97 Å². The van der Waals surface area contributed by atoms with E-state index in [1.165, 1.54) is 5.56 Å². The van der Waals surface area contributed by atoms with Gasteiger partial charge in [-0.05, 0) is 34.8 Å². The number of nitrogen functional groups attached to an aromatic ring is 1. The average Bonchev–Trinajstić information content (AvgIpc) is 2.35. The maximum absolute atomic E-state index is 5.85. The molecule has 88 valence electrons. The quantitative estimate of drug-likeness (QED) is 0.923. The summed E-state index contributed by atoms with van der Waals surface area (Å²) in [6.45, 7) is 4.04. The van der Waals surface area contributed by atoms with Gasteiger partial charge in [0, 0.05) is 5.56 Å². The lowest BCUT2D eigenvalue weighted by Crippen LogP contribution is -2.01. The first kappa shape index (κ1) is 12.0. The molecule has 4 heteroatoms. The predicted octanol–water partition coefficient (Wildman–Crippen LogP) is 3.36. The van der Waals surface area contributed by atoms with Crippen LogP contribution in [0, 0.1) is 6.92 Å². The molecule has 0 saturated carbocycles. The molecular formula is C13H14BrN3. The summed E-state index contributed by atoms with van der Waals surface area (Å²) >= 11 is 3.37. The molecular weight excluding hydrogens is 278 g/mol. The SMILES string of the molecule is CCc1ccccc1-c1nc(C)c(Br)c(N)n1. The number of aryl methyl sites for hydroxylation is 2. The maximum atomic E-state index is 5.85. The summed E-state index contributed by atoms with van der Waals surface area (Å²) in [5.41, 5.74) is 9.00. The van der Waals surface area contributed by atoms with Crippen molar-refractivity contribution < 1.29 is 0 Å². The van der Waals surface area contributed by atoms with Crippen LogP contribution in [0.3, 0.4) is 0 Å². The first-order valence-electron chi connectivity index (χ1n) is 5.51. The van der Waals surface area contributed by atoms with Crippen molar-refractivity contribution in [2.24, 2.45) is 0 Å². The van der Waals surface area contributed by atoms with Gasteiger partial charge in [0.25, 0.3) is 0 Å². The van der Waals surface area contributed by atoms with Crippen LogP contribution in [0.1, 0.15) is 18.2 Å². The number of rotatable bonds is 2. The van der Waals surface area contributed by atoms with Gasteiger partial charge in [0.2, 0.25) is 0 Å². The molecule has 1 aromatic heterocycles. The number of nitrogens with two attached hydrogens (primary N) is 1. The Morgan fingerprint density at radius 1 is 1.24 bits per heavy atom. The molecule has 0 unspecified atom stereocenters. The fourth-order valence-electron chi connectivity index (χ4n) is 1.75. The fourth-order valence-corrected chi connectivity index (χ4v) is 1.93. The number of aromatic nitrogens is 2. The number of hydrogen-bond acceptors (Lipinski definition) is 3. The molecule has 17 heavy (non-hydrogen) atoms. The minimum Gasteiger partial charge on any atom is -0.383 e. The van der Waals surface area contributed by atoms with Crippen molar-refractivity contribution in [3.05, 3.63) is 40.0 Å². The molecule has 3 nitrogen and oxygen atoms in total. The van der Waals surface area contributed by atoms with Crippen LogP contribution >= 0.6 is 15.9 Å². The molecule has 0 atom stereocenters. The van der Waals surface area contributed by atoms with Gasteiger partial charge in [-0.15, -0.1) is 0 Å². The van der Waals surface area contributed by atoms with Crippen molar-refractivity contribution in [2.75, 3.05) is 5.73 Å². The second-order valence-electron chi connectivity index (χ2n) is 3.84. The number of nitrogens with zero attached hydrogens (tertiary/aromatic N) is 2. The molecule has 0 aliphatic rings. The first-order valence-corrected chi connectivity index (χ1v) is 6.30. The zero-order valence-corrected chi connectivity index (χ0v) is 11.5. The Kier molecular flexibility index (Phi) is 3.43. The highest BCUT2D eigenvalue weighted by Crippen LogP contribution is 2.26. The fraction of sp³-hybridized carbons (Fsp3) is 0.231. The molecule has 0 aliphatic carbocycles. The third kappa shape index (κ3) is 2.31. The van der Waals surface area contributed by atoms with Gasteiger partial charge in [-0.1, -0.05) is 31.2 Å². The normalized spacial score (nSPS) is 10.5. The van der Waals surface area contributed by atoms with Crippen LogP contribution in [0.2, 0.25) is 0 Å². The summed E-state index contributed by atoms with van der Waals surface area (Å²) in [5, 5.41) is 0. The Morgan fingerprint density at radius 2 is 1.94 bits per heavy atom. The number of halogens is 1. The summed E-state index contributed by atoms with van der Waals surface area (Å²) < 4.78 is 0.773. The van der Waals surface area contributed by atoms with Crippen LogP contribution in [0.15, 0.2) is 28.7 Å². The van der Waals surface area contributed by atoms with Crippen LogP contribution in [0.25, 0.3) is 11.4 Å². The third-order valence-electron chi connectivity index (χ3n) is 2.68. The van der Waals surface area contributed by atoms with Gasteiger partial charge < -0.3 is 5.73 Å². The second-order valence-corrected chi connectivity index (χ2v) is 4.64. The van der Waals surface area contributed by atoms with E-state index in [0.717, 1.165) is 22.2 Å². The Labute approximate surface area is 109 Å². The van der Waals surface area contributed by atoms with E-state index in [1.54, 1.807) is 0 Å². The van der Waals surface area contributed by atoms with E-state index in [-0.39, 0.29) is 0 Å². The van der Waals surface area contributed by atoms with Gasteiger partial charge in [0.05, 0.1) is 10.2 Å². The number of anilines is 1. The van der Waals surface area contributed by atoms with Crippen molar-refractivity contribution in [1.29, 1.82) is 0 Å². The maximum Gasteiger partial charge on any atom is 0.162 e. The molecule has 0 aliphatic heterocycles. The molecule has 2 aromatic rings. The summed E-state index contributed by atoms with van der Waals surface area (Å²) in [6.07, 6.45) is 0.953. The van der Waals surface area contributed by atoms with E-state index in [2.05, 4.69) is 38.9 Å². The van der Waals surface area contributed by atoms with Gasteiger partial charge in [0.1, 0.15) is 5.82 Å². The van der Waals surface area contributed by atoms with Crippen molar-refractivity contribution in [1.82, 2.24) is 9.97 Å². The van der Waals surface area contributed by atoms with Crippen LogP contribution < -0.4 is 5.73 Å². The van der Waals surface area contributed by atoms with E-state index in [9.17, 15) is 0 Å². The van der Waals surface area contributed by atoms with Crippen molar-refractivity contribution in [3.8, 4) is 11.4 Å². The average molecular weight is 292 g/mol. The highest BCUT2D eigenvalue weighted by atomic mass is 79.9. The Morgan fingerprint density at radius 3 is 2.59 bits per heavy atom. The monoisotopic (exact) mass is 291 g/mol. The van der Waals surface area contributed by atoms with Crippen LogP contribution in [-0.4, -0.2) is 9.97 Å². The topological polar surface area (TPSA) is 51.8 Å². The second kappa shape index (κ2) is 4.84. The van der Waals surface area contributed by atoms with E-state index < -0.39 is 0 Å². The van der Waals surface area contributed by atoms with Gasteiger partial charge in [0.15, 0.2) is 5.82 Å². The third-order valence-corrected chi connectivity index (χ3v) is 3.66. The molecule has 0 fully saturated rings. The number of benzene rings is 1. The Bertz CT molecular complexity index is 529. The summed E-state index contributed by atoms with van der Waals surface area (Å²) in [7, 11) is 0. The molecule has 0 saturated heterocycles. The molecule has 2 N–H and O–H groups in total. The summed E-state index contributed by atoms with van der Waals surface area (Å²) in [4.78, 5) is 8.81. The lowest BCUT2D eigenvalue weighted by Gasteiger charge is -2.09. The van der Waals surface area contributed by atoms with Crippen LogP contribution in [-0.2, 0) is 6.42 Å². The minimum absolute atomic E-state index is 0.485. The Hall–Kier alpha value is -1.42. The first-order chi connectivity index (χ1) is 8.13. The van der Waals surface area contributed by atoms with Crippen LogP contribution in [0.4, 0.5) is 5.82 Å². The largest absolute Gasteiger partial charge is 0.383 e. The Balaban J connectivity index is 2.61. The highest BCUT2D eigenvalue weighted by Gasteiger charge is 2.10. The number of hydrogen-bond donors (Lipinski definition) is 1.